The molecule has 1 atom stereocenters. The normalized spacial score (nSPS) is 22.9. The Labute approximate surface area is 132 Å². The molecule has 1 unspecified atom stereocenters. The Kier molecular flexibility index (Phi) is 5.78. The van der Waals surface area contributed by atoms with Gasteiger partial charge in [-0.3, -0.25) is 9.69 Å². The van der Waals surface area contributed by atoms with E-state index in [1.165, 1.54) is 0 Å². The molecule has 2 N–H and O–H groups in total. The zero-order valence-electron chi connectivity index (χ0n) is 13.9. The van der Waals surface area contributed by atoms with Crippen LogP contribution in [0.15, 0.2) is 11.0 Å². The molecule has 1 saturated heterocycles. The van der Waals surface area contributed by atoms with Crippen LogP contribution in [-0.4, -0.2) is 48.4 Å². The van der Waals surface area contributed by atoms with Crippen molar-refractivity contribution in [2.45, 2.75) is 39.7 Å². The third-order valence-corrected chi connectivity index (χ3v) is 4.91. The first-order valence-electron chi connectivity index (χ1n) is 8.01. The maximum Gasteiger partial charge on any atom is 0.187 e. The molecular formula is C17H28N2O3. The predicted octanol–water partition coefficient (Wildman–Crippen LogP) is 1.60. The Bertz CT molecular complexity index is 555. The van der Waals surface area contributed by atoms with Crippen LogP contribution in [0.1, 0.15) is 36.1 Å². The smallest absolute Gasteiger partial charge is 0.187 e. The molecule has 1 aromatic rings. The first-order chi connectivity index (χ1) is 10.5. The summed E-state index contributed by atoms with van der Waals surface area (Å²) in [6.07, 6.45) is 4.77. The second kappa shape index (κ2) is 7.40. The zero-order chi connectivity index (χ0) is 16.2. The van der Waals surface area contributed by atoms with Gasteiger partial charge in [0.1, 0.15) is 0 Å². The molecule has 1 aliphatic heterocycles. The zero-order valence-corrected chi connectivity index (χ0v) is 13.9. The van der Waals surface area contributed by atoms with Crippen LogP contribution in [0.3, 0.4) is 0 Å². The molecule has 1 aliphatic rings. The monoisotopic (exact) mass is 308 g/mol. The molecule has 5 heteroatoms. The fourth-order valence-corrected chi connectivity index (χ4v) is 3.37. The van der Waals surface area contributed by atoms with Crippen LogP contribution < -0.4 is 5.43 Å². The van der Waals surface area contributed by atoms with Gasteiger partial charge >= 0.3 is 0 Å². The van der Waals surface area contributed by atoms with Crippen LogP contribution in [0, 0.1) is 19.3 Å². The summed E-state index contributed by atoms with van der Waals surface area (Å²) in [5.41, 5.74) is 2.59. The van der Waals surface area contributed by atoms with Crippen LogP contribution in [0.2, 0.25) is 0 Å². The molecule has 0 spiro atoms. The molecule has 0 radical (unpaired) electrons. The molecule has 1 fully saturated rings. The Morgan fingerprint density at radius 1 is 1.45 bits per heavy atom. The van der Waals surface area contributed by atoms with Crippen molar-refractivity contribution in [2.24, 2.45) is 5.41 Å². The highest BCUT2D eigenvalue weighted by molar-refractivity contribution is 5.23. The lowest BCUT2D eigenvalue weighted by atomic mass is 9.78. The Morgan fingerprint density at radius 3 is 2.91 bits per heavy atom. The van der Waals surface area contributed by atoms with Gasteiger partial charge < -0.3 is 14.8 Å². The minimum absolute atomic E-state index is 0.0762. The molecule has 0 aliphatic carbocycles. The quantitative estimate of drug-likeness (QED) is 0.838. The molecule has 22 heavy (non-hydrogen) atoms. The van der Waals surface area contributed by atoms with Crippen LogP contribution in [0.4, 0.5) is 0 Å². The van der Waals surface area contributed by atoms with E-state index in [0.29, 0.717) is 6.61 Å². The number of nitrogens with one attached hydrogen (secondary N) is 1. The Balaban J connectivity index is 2.10. The fraction of sp³-hybridized carbons (Fsp3) is 0.706. The van der Waals surface area contributed by atoms with Gasteiger partial charge in [-0.15, -0.1) is 0 Å². The van der Waals surface area contributed by atoms with Gasteiger partial charge in [-0.2, -0.15) is 0 Å². The molecule has 2 rings (SSSR count). The largest absolute Gasteiger partial charge is 0.396 e. The highest BCUT2D eigenvalue weighted by Crippen LogP contribution is 2.33. The van der Waals surface area contributed by atoms with Gasteiger partial charge in [0.25, 0.3) is 0 Å². The van der Waals surface area contributed by atoms with Gasteiger partial charge in [-0.1, -0.05) is 0 Å². The average molecular weight is 308 g/mol. The lowest BCUT2D eigenvalue weighted by Crippen LogP contribution is -2.45. The van der Waals surface area contributed by atoms with Gasteiger partial charge in [0.2, 0.25) is 0 Å². The maximum atomic E-state index is 12.1. The number of likely N-dealkylation sites (tertiary alicyclic amines) is 1. The number of ether oxygens (including phenoxy) is 1. The second-order valence-corrected chi connectivity index (χ2v) is 6.62. The first-order valence-corrected chi connectivity index (χ1v) is 8.01. The van der Waals surface area contributed by atoms with Crippen molar-refractivity contribution in [2.75, 3.05) is 33.4 Å². The molecule has 5 nitrogen and oxygen atoms in total. The molecule has 0 saturated carbocycles. The van der Waals surface area contributed by atoms with Gasteiger partial charge in [0, 0.05) is 55.2 Å². The van der Waals surface area contributed by atoms with E-state index < -0.39 is 0 Å². The summed E-state index contributed by atoms with van der Waals surface area (Å²) >= 11 is 0. The Morgan fingerprint density at radius 2 is 2.23 bits per heavy atom. The summed E-state index contributed by atoms with van der Waals surface area (Å²) in [5.74, 6) is 0. The first kappa shape index (κ1) is 17.2. The maximum absolute atomic E-state index is 12.1. The molecule has 2 heterocycles. The third kappa shape index (κ3) is 3.77. The van der Waals surface area contributed by atoms with Crippen LogP contribution >= 0.6 is 0 Å². The number of pyridine rings is 1. The van der Waals surface area contributed by atoms with E-state index >= 15 is 0 Å². The van der Waals surface area contributed by atoms with Crippen molar-refractivity contribution >= 4 is 0 Å². The van der Waals surface area contributed by atoms with E-state index in [9.17, 15) is 9.90 Å². The number of methoxy groups -OCH3 is 1. The molecular weight excluding hydrogens is 280 g/mol. The summed E-state index contributed by atoms with van der Waals surface area (Å²) in [4.78, 5) is 17.6. The van der Waals surface area contributed by atoms with Gasteiger partial charge in [0.15, 0.2) is 5.43 Å². The number of aryl methyl sites for hydroxylation is 1. The average Bonchev–Trinajstić information content (AvgIpc) is 2.54. The third-order valence-electron chi connectivity index (χ3n) is 4.91. The standard InChI is InChI=1S/C17H28N2O3/c1-13-9-18-15(14(2)16(13)21)10-19-7-4-5-17(11-19,12-20)6-8-22-3/h9,20H,4-8,10-12H2,1-3H3,(H,18,21). The van der Waals surface area contributed by atoms with Crippen molar-refractivity contribution in [1.29, 1.82) is 0 Å². The lowest BCUT2D eigenvalue weighted by molar-refractivity contribution is 0.00431. The van der Waals surface area contributed by atoms with Gasteiger partial charge in [-0.05, 0) is 39.7 Å². The Hall–Kier alpha value is -1.17. The fourth-order valence-electron chi connectivity index (χ4n) is 3.37. The van der Waals surface area contributed by atoms with Crippen molar-refractivity contribution in [1.82, 2.24) is 9.88 Å². The van der Waals surface area contributed by atoms with Crippen molar-refractivity contribution in [3.63, 3.8) is 0 Å². The van der Waals surface area contributed by atoms with Gasteiger partial charge in [-0.25, -0.2) is 0 Å². The molecule has 0 amide bonds. The highest BCUT2D eigenvalue weighted by atomic mass is 16.5. The highest BCUT2D eigenvalue weighted by Gasteiger charge is 2.34. The van der Waals surface area contributed by atoms with E-state index in [2.05, 4.69) is 9.88 Å². The summed E-state index contributed by atoms with van der Waals surface area (Å²) < 4.78 is 5.20. The van der Waals surface area contributed by atoms with Gasteiger partial charge in [0.05, 0.1) is 6.61 Å². The molecule has 0 bridgehead atoms. The number of nitrogens with zero attached hydrogens (tertiary/aromatic N) is 1. The number of H-pyrrole nitrogens is 1. The van der Waals surface area contributed by atoms with E-state index in [4.69, 9.17) is 4.74 Å². The van der Waals surface area contributed by atoms with Crippen molar-refractivity contribution in [3.05, 3.63) is 33.2 Å². The van der Waals surface area contributed by atoms with Crippen LogP contribution in [0.5, 0.6) is 0 Å². The number of aromatic nitrogens is 1. The van der Waals surface area contributed by atoms with Crippen LogP contribution in [-0.2, 0) is 11.3 Å². The van der Waals surface area contributed by atoms with Crippen LogP contribution in [0.25, 0.3) is 0 Å². The number of hydrogen-bond donors (Lipinski definition) is 2. The summed E-state index contributed by atoms with van der Waals surface area (Å²) in [7, 11) is 1.70. The summed E-state index contributed by atoms with van der Waals surface area (Å²) in [5, 5.41) is 9.85. The number of piperidine rings is 1. The van der Waals surface area contributed by atoms with Crippen molar-refractivity contribution < 1.29 is 9.84 Å². The number of aliphatic hydroxyl groups excluding tert-OH is 1. The molecule has 1 aromatic heterocycles. The predicted molar refractivity (Wildman–Crippen MR) is 87.1 cm³/mol. The minimum atomic E-state index is -0.0762. The summed E-state index contributed by atoms with van der Waals surface area (Å²) in [6, 6.07) is 0. The number of aromatic amines is 1. The van der Waals surface area contributed by atoms with E-state index in [1.54, 1.807) is 13.3 Å². The molecule has 0 aromatic carbocycles. The lowest BCUT2D eigenvalue weighted by Gasteiger charge is -2.42. The topological polar surface area (TPSA) is 65.6 Å². The SMILES string of the molecule is COCCC1(CO)CCCN(Cc2[nH]cc(C)c(=O)c2C)C1. The van der Waals surface area contributed by atoms with Crippen molar-refractivity contribution in [3.8, 4) is 0 Å². The molecule has 124 valence electrons. The minimum Gasteiger partial charge on any atom is -0.396 e. The number of hydrogen-bond acceptors (Lipinski definition) is 4. The van der Waals surface area contributed by atoms with E-state index in [1.807, 2.05) is 13.8 Å². The number of aliphatic hydroxyl groups is 1. The summed E-state index contributed by atoms with van der Waals surface area (Å²) in [6.45, 7) is 7.17. The van der Waals surface area contributed by atoms with E-state index in [-0.39, 0.29) is 17.5 Å². The second-order valence-electron chi connectivity index (χ2n) is 6.62. The van der Waals surface area contributed by atoms with E-state index in [0.717, 1.165) is 55.7 Å². The number of rotatable bonds is 6.